The number of rotatable bonds is 3. The molecule has 1 atom stereocenters. The molecule has 3 N–H and O–H groups in total. The quantitative estimate of drug-likeness (QED) is 0.885. The number of ether oxygens (including phenoxy) is 1. The third-order valence-corrected chi connectivity index (χ3v) is 2.16. The number of aliphatic hydroxyl groups is 1. The van der Waals surface area contributed by atoms with Crippen molar-refractivity contribution >= 4 is 12.4 Å². The van der Waals surface area contributed by atoms with E-state index in [1.54, 1.807) is 0 Å². The molecular formula is C10H13ClF3NO2. The molecule has 1 aromatic rings. The lowest BCUT2D eigenvalue weighted by Crippen LogP contribution is -2.20. The highest BCUT2D eigenvalue weighted by Crippen LogP contribution is 2.36. The summed E-state index contributed by atoms with van der Waals surface area (Å²) in [5.41, 5.74) is 4.37. The van der Waals surface area contributed by atoms with Gasteiger partial charge in [0.2, 0.25) is 0 Å². The van der Waals surface area contributed by atoms with Gasteiger partial charge in [0.15, 0.2) is 0 Å². The minimum atomic E-state index is -4.52. The maximum Gasteiger partial charge on any atom is 0.416 e. The van der Waals surface area contributed by atoms with E-state index in [-0.39, 0.29) is 23.7 Å². The first-order valence-corrected chi connectivity index (χ1v) is 4.51. The molecular weight excluding hydrogens is 259 g/mol. The molecule has 7 heteroatoms. The third kappa shape index (κ3) is 3.76. The molecule has 0 saturated carbocycles. The first kappa shape index (κ1) is 16.0. The predicted octanol–water partition coefficient (Wildman–Crippen LogP) is 2.13. The van der Waals surface area contributed by atoms with Crippen LogP contribution < -0.4 is 10.5 Å². The van der Waals surface area contributed by atoms with Crippen LogP contribution in [0.3, 0.4) is 0 Å². The molecule has 0 heterocycles. The number of alkyl halides is 3. The predicted molar refractivity (Wildman–Crippen MR) is 59.3 cm³/mol. The molecule has 0 amide bonds. The molecule has 0 spiro atoms. The van der Waals surface area contributed by atoms with Gasteiger partial charge in [-0.1, -0.05) is 6.07 Å². The molecule has 1 aromatic carbocycles. The lowest BCUT2D eigenvalue weighted by molar-refractivity contribution is -0.138. The molecule has 0 radical (unpaired) electrons. The summed E-state index contributed by atoms with van der Waals surface area (Å²) in [5.74, 6) is 0.0983. The first-order chi connectivity index (χ1) is 7.40. The molecule has 98 valence electrons. The molecule has 0 unspecified atom stereocenters. The fraction of sp³-hybridized carbons (Fsp3) is 0.400. The van der Waals surface area contributed by atoms with Gasteiger partial charge in [-0.2, -0.15) is 13.2 Å². The average Bonchev–Trinajstić information content (AvgIpc) is 2.26. The van der Waals surface area contributed by atoms with E-state index in [0.29, 0.717) is 0 Å². The Hall–Kier alpha value is -0.980. The summed E-state index contributed by atoms with van der Waals surface area (Å²) < 4.78 is 42.7. The SMILES string of the molecule is COc1ccc([C@H](N)CO)c(C(F)(F)F)c1.Cl. The molecule has 0 aliphatic carbocycles. The maximum absolute atomic E-state index is 12.7. The van der Waals surface area contributed by atoms with E-state index in [0.717, 1.165) is 6.07 Å². The molecule has 0 saturated heterocycles. The second-order valence-corrected chi connectivity index (χ2v) is 3.24. The third-order valence-electron chi connectivity index (χ3n) is 2.16. The highest BCUT2D eigenvalue weighted by atomic mass is 35.5. The summed E-state index contributed by atoms with van der Waals surface area (Å²) in [6.45, 7) is -0.546. The first-order valence-electron chi connectivity index (χ1n) is 4.51. The van der Waals surface area contributed by atoms with Gasteiger partial charge < -0.3 is 15.6 Å². The van der Waals surface area contributed by atoms with Crippen LogP contribution in [-0.2, 0) is 6.18 Å². The van der Waals surface area contributed by atoms with Crippen molar-refractivity contribution in [3.05, 3.63) is 29.3 Å². The summed E-state index contributed by atoms with van der Waals surface area (Å²) in [6.07, 6.45) is -4.52. The zero-order chi connectivity index (χ0) is 12.3. The van der Waals surface area contributed by atoms with Crippen molar-refractivity contribution in [1.29, 1.82) is 0 Å². The zero-order valence-electron chi connectivity index (χ0n) is 8.99. The van der Waals surface area contributed by atoms with Crippen LogP contribution in [0.4, 0.5) is 13.2 Å². The molecule has 0 bridgehead atoms. The summed E-state index contributed by atoms with van der Waals surface area (Å²) in [7, 11) is 1.28. The highest BCUT2D eigenvalue weighted by Gasteiger charge is 2.35. The van der Waals surface area contributed by atoms with Gasteiger partial charge in [-0.25, -0.2) is 0 Å². The van der Waals surface area contributed by atoms with Gasteiger partial charge in [-0.15, -0.1) is 12.4 Å². The number of aliphatic hydroxyl groups excluding tert-OH is 1. The summed E-state index contributed by atoms with van der Waals surface area (Å²) in [6, 6.07) is 2.40. The van der Waals surface area contributed by atoms with Crippen molar-refractivity contribution < 1.29 is 23.0 Å². The van der Waals surface area contributed by atoms with E-state index < -0.39 is 24.4 Å². The van der Waals surface area contributed by atoms with Crippen molar-refractivity contribution in [1.82, 2.24) is 0 Å². The second kappa shape index (κ2) is 6.09. The van der Waals surface area contributed by atoms with Gasteiger partial charge in [-0.05, 0) is 17.7 Å². The fourth-order valence-corrected chi connectivity index (χ4v) is 1.33. The molecule has 17 heavy (non-hydrogen) atoms. The Morgan fingerprint density at radius 1 is 1.41 bits per heavy atom. The van der Waals surface area contributed by atoms with Gasteiger partial charge >= 0.3 is 6.18 Å². The molecule has 0 aliphatic rings. The normalized spacial score (nSPS) is 12.8. The van der Waals surface area contributed by atoms with Crippen LogP contribution >= 0.6 is 12.4 Å². The Labute approximate surface area is 103 Å². The molecule has 0 aliphatic heterocycles. The van der Waals surface area contributed by atoms with Gasteiger partial charge in [0, 0.05) is 0 Å². The van der Waals surface area contributed by atoms with Gasteiger partial charge in [0.25, 0.3) is 0 Å². The Morgan fingerprint density at radius 3 is 2.41 bits per heavy atom. The Kier molecular flexibility index (Phi) is 5.74. The fourth-order valence-electron chi connectivity index (χ4n) is 1.33. The van der Waals surface area contributed by atoms with Crippen LogP contribution in [0.15, 0.2) is 18.2 Å². The number of hydrogen-bond acceptors (Lipinski definition) is 3. The lowest BCUT2D eigenvalue weighted by atomic mass is 10.0. The Morgan fingerprint density at radius 2 is 2.00 bits per heavy atom. The number of nitrogens with two attached hydrogens (primary N) is 1. The van der Waals surface area contributed by atoms with Crippen molar-refractivity contribution in [2.24, 2.45) is 5.73 Å². The number of benzene rings is 1. The van der Waals surface area contributed by atoms with Crippen molar-refractivity contribution in [3.63, 3.8) is 0 Å². The molecule has 0 fully saturated rings. The molecule has 0 aromatic heterocycles. The maximum atomic E-state index is 12.7. The van der Waals surface area contributed by atoms with Gasteiger partial charge in [0.05, 0.1) is 25.3 Å². The van der Waals surface area contributed by atoms with E-state index in [9.17, 15) is 13.2 Å². The van der Waals surface area contributed by atoms with Gasteiger partial charge in [0.1, 0.15) is 5.75 Å². The largest absolute Gasteiger partial charge is 0.497 e. The van der Waals surface area contributed by atoms with Gasteiger partial charge in [-0.3, -0.25) is 0 Å². The van der Waals surface area contributed by atoms with E-state index in [4.69, 9.17) is 15.6 Å². The smallest absolute Gasteiger partial charge is 0.416 e. The van der Waals surface area contributed by atoms with Crippen LogP contribution in [0.5, 0.6) is 5.75 Å². The monoisotopic (exact) mass is 271 g/mol. The van der Waals surface area contributed by atoms with Crippen molar-refractivity contribution in [3.8, 4) is 5.75 Å². The van der Waals surface area contributed by atoms with Crippen molar-refractivity contribution in [2.75, 3.05) is 13.7 Å². The van der Waals surface area contributed by atoms with E-state index in [2.05, 4.69) is 0 Å². The molecule has 3 nitrogen and oxygen atoms in total. The second-order valence-electron chi connectivity index (χ2n) is 3.24. The zero-order valence-corrected chi connectivity index (χ0v) is 9.81. The highest BCUT2D eigenvalue weighted by molar-refractivity contribution is 5.85. The summed E-state index contributed by atoms with van der Waals surface area (Å²) in [5, 5.41) is 8.78. The number of halogens is 4. The average molecular weight is 272 g/mol. The van der Waals surface area contributed by atoms with Crippen LogP contribution in [0.25, 0.3) is 0 Å². The van der Waals surface area contributed by atoms with E-state index in [1.165, 1.54) is 19.2 Å². The number of hydrogen-bond donors (Lipinski definition) is 2. The summed E-state index contributed by atoms with van der Waals surface area (Å²) in [4.78, 5) is 0. The van der Waals surface area contributed by atoms with E-state index >= 15 is 0 Å². The van der Waals surface area contributed by atoms with E-state index in [1.807, 2.05) is 0 Å². The van der Waals surface area contributed by atoms with Crippen LogP contribution in [-0.4, -0.2) is 18.8 Å². The Balaban J connectivity index is 0.00000256. The number of methoxy groups -OCH3 is 1. The topological polar surface area (TPSA) is 55.5 Å². The lowest BCUT2D eigenvalue weighted by Gasteiger charge is -2.17. The van der Waals surface area contributed by atoms with Crippen LogP contribution in [0.1, 0.15) is 17.2 Å². The summed E-state index contributed by atoms with van der Waals surface area (Å²) >= 11 is 0. The van der Waals surface area contributed by atoms with Crippen molar-refractivity contribution in [2.45, 2.75) is 12.2 Å². The molecule has 1 rings (SSSR count). The minimum Gasteiger partial charge on any atom is -0.497 e. The van der Waals surface area contributed by atoms with Crippen LogP contribution in [0, 0.1) is 0 Å². The standard InChI is InChI=1S/C10H12F3NO2.ClH/c1-16-6-2-3-7(9(14)5-15)8(4-6)10(11,12)13;/h2-4,9,15H,5,14H2,1H3;1H/t9-;/m1./s1. The van der Waals surface area contributed by atoms with Crippen LogP contribution in [0.2, 0.25) is 0 Å². The Bertz CT molecular complexity index is 371. The minimum absolute atomic E-state index is 0.